The van der Waals surface area contributed by atoms with Crippen LogP contribution in [0.5, 0.6) is 0 Å². The van der Waals surface area contributed by atoms with E-state index in [1.807, 2.05) is 24.3 Å². The van der Waals surface area contributed by atoms with E-state index in [9.17, 15) is 4.79 Å². The lowest BCUT2D eigenvalue weighted by Gasteiger charge is -2.38. The monoisotopic (exact) mass is 370 g/mol. The van der Waals surface area contributed by atoms with E-state index in [1.54, 1.807) is 6.33 Å². The Morgan fingerprint density at radius 2 is 1.89 bits per heavy atom. The van der Waals surface area contributed by atoms with Gasteiger partial charge in [-0.15, -0.1) is 0 Å². The molecule has 0 saturated heterocycles. The topological polar surface area (TPSA) is 68.5 Å². The summed E-state index contributed by atoms with van der Waals surface area (Å²) in [5.41, 5.74) is 2.88. The molecule has 2 bridgehead atoms. The SMILES string of the molecule is Cc1cc(C)n2cnc(C(=O)N[C@@H]3C4CC[C@H]3C[C@@H](OC(C)(C)C)C4)c2n1. The zero-order valence-electron chi connectivity index (χ0n) is 17.0. The van der Waals surface area contributed by atoms with Crippen molar-refractivity contribution in [3.8, 4) is 0 Å². The number of aromatic nitrogens is 3. The maximum absolute atomic E-state index is 13.0. The molecule has 2 aliphatic carbocycles. The third kappa shape index (κ3) is 3.59. The number of aryl methyl sites for hydroxylation is 2. The Morgan fingerprint density at radius 3 is 2.52 bits per heavy atom. The lowest BCUT2D eigenvalue weighted by Crippen LogP contribution is -2.47. The quantitative estimate of drug-likeness (QED) is 0.898. The van der Waals surface area contributed by atoms with Crippen molar-refractivity contribution < 1.29 is 9.53 Å². The molecular formula is C21H30N4O2. The van der Waals surface area contributed by atoms with Crippen LogP contribution in [0.25, 0.3) is 5.65 Å². The number of rotatable bonds is 3. The van der Waals surface area contributed by atoms with Gasteiger partial charge in [-0.1, -0.05) is 0 Å². The van der Waals surface area contributed by atoms with E-state index < -0.39 is 0 Å². The van der Waals surface area contributed by atoms with Gasteiger partial charge in [-0.25, -0.2) is 9.97 Å². The molecule has 0 radical (unpaired) electrons. The van der Waals surface area contributed by atoms with E-state index in [1.165, 1.54) is 12.8 Å². The minimum atomic E-state index is -0.114. The van der Waals surface area contributed by atoms with E-state index in [-0.39, 0.29) is 17.6 Å². The van der Waals surface area contributed by atoms with Gasteiger partial charge in [0, 0.05) is 17.4 Å². The molecular weight excluding hydrogens is 340 g/mol. The molecule has 146 valence electrons. The number of ether oxygens (including phenoxy) is 1. The number of nitrogens with zero attached hydrogens (tertiary/aromatic N) is 3. The van der Waals surface area contributed by atoms with Crippen molar-refractivity contribution in [1.29, 1.82) is 0 Å². The number of hydrogen-bond donors (Lipinski definition) is 1. The number of fused-ring (bicyclic) bond motifs is 3. The molecule has 1 N–H and O–H groups in total. The summed E-state index contributed by atoms with van der Waals surface area (Å²) in [5, 5.41) is 3.29. The fraction of sp³-hybridized carbons (Fsp3) is 0.667. The molecule has 4 atom stereocenters. The zero-order valence-corrected chi connectivity index (χ0v) is 17.0. The Kier molecular flexibility index (Phi) is 4.49. The largest absolute Gasteiger partial charge is 0.373 e. The van der Waals surface area contributed by atoms with Crippen molar-refractivity contribution in [1.82, 2.24) is 19.7 Å². The van der Waals surface area contributed by atoms with Gasteiger partial charge in [0.15, 0.2) is 11.3 Å². The molecule has 2 aromatic rings. The van der Waals surface area contributed by atoms with Gasteiger partial charge in [0.1, 0.15) is 6.33 Å². The predicted octanol–water partition coefficient (Wildman–Crippen LogP) is 3.45. The highest BCUT2D eigenvalue weighted by atomic mass is 16.5. The molecule has 0 aliphatic heterocycles. The molecule has 27 heavy (non-hydrogen) atoms. The normalized spacial score (nSPS) is 27.9. The van der Waals surface area contributed by atoms with E-state index in [4.69, 9.17) is 4.74 Å². The maximum Gasteiger partial charge on any atom is 0.274 e. The molecule has 1 unspecified atom stereocenters. The second-order valence-corrected chi connectivity index (χ2v) is 9.25. The highest BCUT2D eigenvalue weighted by molar-refractivity contribution is 5.98. The van der Waals surface area contributed by atoms with Gasteiger partial charge < -0.3 is 10.1 Å². The first-order valence-electron chi connectivity index (χ1n) is 10.0. The van der Waals surface area contributed by atoms with Crippen molar-refractivity contribution in [3.05, 3.63) is 29.5 Å². The second-order valence-electron chi connectivity index (χ2n) is 9.25. The van der Waals surface area contributed by atoms with Gasteiger partial charge in [-0.3, -0.25) is 9.20 Å². The Morgan fingerprint density at radius 1 is 1.22 bits per heavy atom. The summed E-state index contributed by atoms with van der Waals surface area (Å²) in [4.78, 5) is 21.9. The molecule has 2 aliphatic rings. The van der Waals surface area contributed by atoms with Crippen molar-refractivity contribution in [2.24, 2.45) is 11.8 Å². The van der Waals surface area contributed by atoms with Crippen LogP contribution < -0.4 is 5.32 Å². The minimum absolute atomic E-state index is 0.105. The Hall–Kier alpha value is -1.95. The molecule has 0 aromatic carbocycles. The van der Waals surface area contributed by atoms with Crippen molar-refractivity contribution in [2.75, 3.05) is 0 Å². The lowest BCUT2D eigenvalue weighted by atomic mass is 9.82. The highest BCUT2D eigenvalue weighted by Gasteiger charge is 2.44. The summed E-state index contributed by atoms with van der Waals surface area (Å²) in [5.74, 6) is 0.878. The third-order valence-corrected chi connectivity index (χ3v) is 5.91. The van der Waals surface area contributed by atoms with Crippen molar-refractivity contribution in [2.45, 2.75) is 78.0 Å². The predicted molar refractivity (Wildman–Crippen MR) is 104 cm³/mol. The first-order valence-corrected chi connectivity index (χ1v) is 10.0. The summed E-state index contributed by atoms with van der Waals surface area (Å²) >= 11 is 0. The van der Waals surface area contributed by atoms with Crippen molar-refractivity contribution >= 4 is 11.6 Å². The molecule has 2 heterocycles. The standard InChI is InChI=1S/C21H30N4O2/c1-12-8-13(2)25-11-22-18(19(25)23-12)20(26)24-17-14-6-7-15(17)10-16(9-14)27-21(3,4)5/h8,11,14-17H,6-7,9-10H2,1-5H3,(H,24,26)/t14-,15?,16+,17-/m0/s1. The molecule has 4 rings (SSSR count). The van der Waals surface area contributed by atoms with Crippen LogP contribution >= 0.6 is 0 Å². The smallest absolute Gasteiger partial charge is 0.274 e. The Balaban J connectivity index is 1.50. The van der Waals surface area contributed by atoms with Gasteiger partial charge in [-0.05, 0) is 78.2 Å². The number of hydrogen-bond acceptors (Lipinski definition) is 4. The number of amides is 1. The molecule has 2 fully saturated rings. The summed E-state index contributed by atoms with van der Waals surface area (Å²) in [6, 6.07) is 2.22. The van der Waals surface area contributed by atoms with Gasteiger partial charge >= 0.3 is 0 Å². The summed E-state index contributed by atoms with van der Waals surface area (Å²) < 4.78 is 8.11. The van der Waals surface area contributed by atoms with E-state index >= 15 is 0 Å². The minimum Gasteiger partial charge on any atom is -0.373 e. The van der Waals surface area contributed by atoms with Crippen LogP contribution in [0.3, 0.4) is 0 Å². The van der Waals surface area contributed by atoms with Gasteiger partial charge in [0.2, 0.25) is 0 Å². The molecule has 6 nitrogen and oxygen atoms in total. The fourth-order valence-corrected chi connectivity index (χ4v) is 4.96. The average molecular weight is 370 g/mol. The third-order valence-electron chi connectivity index (χ3n) is 5.91. The van der Waals surface area contributed by atoms with Crippen LogP contribution in [0.15, 0.2) is 12.4 Å². The van der Waals surface area contributed by atoms with E-state index in [0.717, 1.165) is 24.2 Å². The number of carbonyl (C=O) groups is 1. The first-order chi connectivity index (χ1) is 12.7. The zero-order chi connectivity index (χ0) is 19.3. The second kappa shape index (κ2) is 6.59. The van der Waals surface area contributed by atoms with Crippen LogP contribution in [0.2, 0.25) is 0 Å². The number of imidazole rings is 1. The highest BCUT2D eigenvalue weighted by Crippen LogP contribution is 2.44. The van der Waals surface area contributed by atoms with Gasteiger partial charge in [0.05, 0.1) is 11.7 Å². The molecule has 6 heteroatoms. The van der Waals surface area contributed by atoms with Gasteiger partial charge in [-0.2, -0.15) is 0 Å². The van der Waals surface area contributed by atoms with Crippen LogP contribution in [0, 0.1) is 25.7 Å². The van der Waals surface area contributed by atoms with Crippen molar-refractivity contribution in [3.63, 3.8) is 0 Å². The molecule has 0 spiro atoms. The van der Waals surface area contributed by atoms with Gasteiger partial charge in [0.25, 0.3) is 5.91 Å². The van der Waals surface area contributed by atoms with Crippen LogP contribution in [-0.4, -0.2) is 38.0 Å². The molecule has 1 amide bonds. The average Bonchev–Trinajstić information content (AvgIpc) is 3.05. The molecule has 2 aromatic heterocycles. The van der Waals surface area contributed by atoms with Crippen LogP contribution in [-0.2, 0) is 4.74 Å². The fourth-order valence-electron chi connectivity index (χ4n) is 4.96. The Labute approximate surface area is 160 Å². The van der Waals surface area contributed by atoms with Crippen LogP contribution in [0.4, 0.5) is 0 Å². The summed E-state index contributed by atoms with van der Waals surface area (Å²) in [6.07, 6.45) is 6.38. The first kappa shape index (κ1) is 18.4. The van der Waals surface area contributed by atoms with E-state index in [2.05, 4.69) is 36.1 Å². The number of carbonyl (C=O) groups excluding carboxylic acids is 1. The summed E-state index contributed by atoms with van der Waals surface area (Å²) in [6.45, 7) is 10.3. The molecule has 2 saturated carbocycles. The van der Waals surface area contributed by atoms with Crippen LogP contribution in [0.1, 0.15) is 68.3 Å². The Bertz CT molecular complexity index is 853. The summed E-state index contributed by atoms with van der Waals surface area (Å²) in [7, 11) is 0. The lowest BCUT2D eigenvalue weighted by molar-refractivity contribution is -0.0875. The maximum atomic E-state index is 13.0. The van der Waals surface area contributed by atoms with E-state index in [0.29, 0.717) is 29.3 Å². The number of nitrogens with one attached hydrogen (secondary N) is 1.